The monoisotopic (exact) mass is 275 g/mol. The third-order valence-electron chi connectivity index (χ3n) is 3.65. The Labute approximate surface area is 119 Å². The van der Waals surface area contributed by atoms with Gasteiger partial charge in [0.25, 0.3) is 0 Å². The van der Waals surface area contributed by atoms with Crippen LogP contribution in [0.3, 0.4) is 0 Å². The summed E-state index contributed by atoms with van der Waals surface area (Å²) in [4.78, 5) is 22.8. The van der Waals surface area contributed by atoms with Crippen LogP contribution < -0.4 is 5.32 Å². The molecule has 2 rings (SSSR count). The van der Waals surface area contributed by atoms with E-state index in [9.17, 15) is 9.59 Å². The first-order chi connectivity index (χ1) is 9.54. The minimum atomic E-state index is -0.968. The zero-order valence-electron chi connectivity index (χ0n) is 11.8. The van der Waals surface area contributed by atoms with Crippen LogP contribution in [0.15, 0.2) is 24.3 Å². The van der Waals surface area contributed by atoms with Crippen LogP contribution in [0, 0.1) is 5.92 Å². The predicted octanol–water partition coefficient (Wildman–Crippen LogP) is 2.62. The molecule has 0 spiro atoms. The van der Waals surface area contributed by atoms with E-state index in [0.29, 0.717) is 0 Å². The molecule has 1 aromatic rings. The van der Waals surface area contributed by atoms with Gasteiger partial charge in [-0.25, -0.2) is 4.79 Å². The molecule has 20 heavy (non-hydrogen) atoms. The van der Waals surface area contributed by atoms with E-state index < -0.39 is 5.97 Å². The summed E-state index contributed by atoms with van der Waals surface area (Å²) < 4.78 is 0. The van der Waals surface area contributed by atoms with Crippen molar-refractivity contribution >= 4 is 11.9 Å². The molecule has 1 unspecified atom stereocenters. The summed E-state index contributed by atoms with van der Waals surface area (Å²) in [5.74, 6) is -0.137. The standard InChI is InChI=1S/C16H21NO3/c1-11(5-6-12-7-8-12)17-15(18)10-13-3-2-4-14(9-13)16(19)20/h2-4,9,11-12H,5-8,10H2,1H3,(H,17,18)(H,19,20). The molecule has 4 heteroatoms. The largest absolute Gasteiger partial charge is 0.478 e. The van der Waals surface area contributed by atoms with E-state index in [0.717, 1.165) is 17.9 Å². The molecule has 1 fully saturated rings. The molecule has 1 aromatic carbocycles. The van der Waals surface area contributed by atoms with Gasteiger partial charge in [-0.3, -0.25) is 4.79 Å². The number of carbonyl (C=O) groups excluding carboxylic acids is 1. The minimum absolute atomic E-state index is 0.0455. The Morgan fingerprint density at radius 3 is 2.80 bits per heavy atom. The van der Waals surface area contributed by atoms with Crippen LogP contribution in [0.25, 0.3) is 0 Å². The average molecular weight is 275 g/mol. The number of amides is 1. The van der Waals surface area contributed by atoms with E-state index in [-0.39, 0.29) is 23.9 Å². The molecule has 1 saturated carbocycles. The molecule has 4 nitrogen and oxygen atoms in total. The van der Waals surface area contributed by atoms with Crippen molar-refractivity contribution in [3.05, 3.63) is 35.4 Å². The quantitative estimate of drug-likeness (QED) is 0.804. The molecule has 0 saturated heterocycles. The van der Waals surface area contributed by atoms with Crippen molar-refractivity contribution in [1.82, 2.24) is 5.32 Å². The van der Waals surface area contributed by atoms with E-state index >= 15 is 0 Å². The molecule has 1 atom stereocenters. The van der Waals surface area contributed by atoms with Gasteiger partial charge >= 0.3 is 5.97 Å². The summed E-state index contributed by atoms with van der Waals surface area (Å²) in [6, 6.07) is 6.72. The lowest BCUT2D eigenvalue weighted by Crippen LogP contribution is -2.33. The maximum atomic E-state index is 11.9. The number of aromatic carboxylic acids is 1. The van der Waals surface area contributed by atoms with Crippen LogP contribution in [0.1, 0.15) is 48.5 Å². The van der Waals surface area contributed by atoms with E-state index in [2.05, 4.69) is 5.32 Å². The van der Waals surface area contributed by atoms with E-state index in [1.165, 1.54) is 25.3 Å². The second-order valence-electron chi connectivity index (χ2n) is 5.67. The lowest BCUT2D eigenvalue weighted by molar-refractivity contribution is -0.121. The highest BCUT2D eigenvalue weighted by molar-refractivity contribution is 5.88. The summed E-state index contributed by atoms with van der Waals surface area (Å²) in [6.45, 7) is 2.02. The van der Waals surface area contributed by atoms with Crippen molar-refractivity contribution < 1.29 is 14.7 Å². The number of rotatable bonds is 7. The van der Waals surface area contributed by atoms with E-state index in [1.54, 1.807) is 18.2 Å². The maximum absolute atomic E-state index is 11.9. The highest BCUT2D eigenvalue weighted by atomic mass is 16.4. The molecule has 0 aromatic heterocycles. The van der Waals surface area contributed by atoms with Crippen LogP contribution in [-0.2, 0) is 11.2 Å². The number of nitrogens with one attached hydrogen (secondary N) is 1. The average Bonchev–Trinajstić information content (AvgIpc) is 3.20. The first-order valence-electron chi connectivity index (χ1n) is 7.16. The van der Waals surface area contributed by atoms with Gasteiger partial charge in [0.05, 0.1) is 12.0 Å². The van der Waals surface area contributed by atoms with Gasteiger partial charge in [0.1, 0.15) is 0 Å². The van der Waals surface area contributed by atoms with Gasteiger partial charge in [-0.15, -0.1) is 0 Å². The molecule has 0 bridgehead atoms. The Morgan fingerprint density at radius 2 is 2.15 bits per heavy atom. The Hall–Kier alpha value is -1.84. The number of hydrogen-bond acceptors (Lipinski definition) is 2. The molecule has 2 N–H and O–H groups in total. The van der Waals surface area contributed by atoms with Crippen LogP contribution in [0.4, 0.5) is 0 Å². The Balaban J connectivity index is 1.80. The first kappa shape index (κ1) is 14.6. The molecule has 0 radical (unpaired) electrons. The van der Waals surface area contributed by atoms with Gasteiger partial charge in [0, 0.05) is 6.04 Å². The van der Waals surface area contributed by atoms with Gasteiger partial charge < -0.3 is 10.4 Å². The van der Waals surface area contributed by atoms with Crippen molar-refractivity contribution in [1.29, 1.82) is 0 Å². The number of carboxylic acid groups (broad SMARTS) is 1. The van der Waals surface area contributed by atoms with Crippen molar-refractivity contribution in [3.8, 4) is 0 Å². The highest BCUT2D eigenvalue weighted by Crippen LogP contribution is 2.33. The first-order valence-corrected chi connectivity index (χ1v) is 7.16. The van der Waals surface area contributed by atoms with Gasteiger partial charge in [0.2, 0.25) is 5.91 Å². The topological polar surface area (TPSA) is 66.4 Å². The number of benzene rings is 1. The maximum Gasteiger partial charge on any atom is 0.335 e. The van der Waals surface area contributed by atoms with Crippen molar-refractivity contribution in [2.45, 2.75) is 45.1 Å². The Bertz CT molecular complexity index is 494. The minimum Gasteiger partial charge on any atom is -0.478 e. The van der Waals surface area contributed by atoms with Crippen LogP contribution in [0.2, 0.25) is 0 Å². The second-order valence-corrected chi connectivity index (χ2v) is 5.67. The molecule has 108 valence electrons. The number of carboxylic acids is 1. The SMILES string of the molecule is CC(CCC1CC1)NC(=O)Cc1cccc(C(=O)O)c1. The lowest BCUT2D eigenvalue weighted by atomic mass is 10.1. The molecule has 1 amide bonds. The third kappa shape index (κ3) is 4.68. The fraction of sp³-hybridized carbons (Fsp3) is 0.500. The van der Waals surface area contributed by atoms with Gasteiger partial charge in [-0.05, 0) is 43.4 Å². The molecule has 0 heterocycles. The Kier molecular flexibility index (Phi) is 4.77. The summed E-state index contributed by atoms with van der Waals surface area (Å²) >= 11 is 0. The van der Waals surface area contributed by atoms with Crippen molar-refractivity contribution in [3.63, 3.8) is 0 Å². The lowest BCUT2D eigenvalue weighted by Gasteiger charge is -2.13. The molecule has 1 aliphatic carbocycles. The van der Waals surface area contributed by atoms with Crippen LogP contribution >= 0.6 is 0 Å². The number of hydrogen-bond donors (Lipinski definition) is 2. The van der Waals surface area contributed by atoms with Gasteiger partial charge in [-0.1, -0.05) is 25.0 Å². The second kappa shape index (κ2) is 6.55. The van der Waals surface area contributed by atoms with Crippen LogP contribution in [0.5, 0.6) is 0 Å². The summed E-state index contributed by atoms with van der Waals surface area (Å²) in [7, 11) is 0. The molecular weight excluding hydrogens is 254 g/mol. The fourth-order valence-corrected chi connectivity index (χ4v) is 2.29. The molecule has 0 aliphatic heterocycles. The Morgan fingerprint density at radius 1 is 1.40 bits per heavy atom. The third-order valence-corrected chi connectivity index (χ3v) is 3.65. The van der Waals surface area contributed by atoms with E-state index in [1.807, 2.05) is 6.92 Å². The van der Waals surface area contributed by atoms with Crippen molar-refractivity contribution in [2.24, 2.45) is 5.92 Å². The molecule has 1 aliphatic rings. The van der Waals surface area contributed by atoms with Crippen molar-refractivity contribution in [2.75, 3.05) is 0 Å². The number of carbonyl (C=O) groups is 2. The highest BCUT2D eigenvalue weighted by Gasteiger charge is 2.21. The summed E-state index contributed by atoms with van der Waals surface area (Å²) in [5, 5.41) is 11.9. The zero-order chi connectivity index (χ0) is 14.5. The smallest absolute Gasteiger partial charge is 0.335 e. The summed E-state index contributed by atoms with van der Waals surface area (Å²) in [6.07, 6.45) is 5.11. The van der Waals surface area contributed by atoms with Crippen LogP contribution in [-0.4, -0.2) is 23.0 Å². The van der Waals surface area contributed by atoms with E-state index in [4.69, 9.17) is 5.11 Å². The van der Waals surface area contributed by atoms with Gasteiger partial charge in [-0.2, -0.15) is 0 Å². The van der Waals surface area contributed by atoms with Gasteiger partial charge in [0.15, 0.2) is 0 Å². The predicted molar refractivity (Wildman–Crippen MR) is 76.7 cm³/mol. The fourth-order valence-electron chi connectivity index (χ4n) is 2.29. The zero-order valence-corrected chi connectivity index (χ0v) is 11.8. The normalized spacial score (nSPS) is 15.7. The molecular formula is C16H21NO3. The summed E-state index contributed by atoms with van der Waals surface area (Å²) in [5.41, 5.74) is 0.953.